The molecule has 0 bridgehead atoms. The van der Waals surface area contributed by atoms with Gasteiger partial charge in [0.15, 0.2) is 0 Å². The van der Waals surface area contributed by atoms with Crippen LogP contribution in [-0.4, -0.2) is 55.1 Å². The first-order chi connectivity index (χ1) is 19.9. The Morgan fingerprint density at radius 1 is 1.26 bits per heavy atom. The van der Waals surface area contributed by atoms with Crippen molar-refractivity contribution >= 4 is 51.8 Å². The number of halogens is 3. The lowest BCUT2D eigenvalue weighted by Gasteiger charge is -2.42. The van der Waals surface area contributed by atoms with E-state index < -0.39 is 28.5 Å². The Kier molecular flexibility index (Phi) is 6.18. The number of alkyl halides is 2. The molecule has 0 saturated carbocycles. The maximum Gasteiger partial charge on any atom is 0.335 e. The maximum atomic E-state index is 16.6. The molecular formula is C32H31Cl2FN4O3. The molecule has 4 aliphatic rings. The maximum absolute atomic E-state index is 16.6. The summed E-state index contributed by atoms with van der Waals surface area (Å²) >= 11 is 13.1. The van der Waals surface area contributed by atoms with Crippen molar-refractivity contribution in [3.05, 3.63) is 82.2 Å². The second-order valence-corrected chi connectivity index (χ2v) is 13.7. The number of amides is 1. The standard InChI is InChI=1S/C32H31Cl2FN4O3/c1-16(2)15-39-24-10-12-38-23-9-6-17(29(40)41)13-22(23)36-28(38)25(24)26(19-5-4-11-31(3,34)27(19)35)32(39)20-8-7-18(33)14-21(20)37-30(32)42/h4-9,11,13-14,16,24-27H,10,12,15H2,1-3H3,(H,37,42)(H,40,41)/t24-,25+,26-,27?,31?,32+/m0/s1. The average molecular weight is 610 g/mol. The van der Waals surface area contributed by atoms with Crippen LogP contribution in [0.4, 0.5) is 10.1 Å². The van der Waals surface area contributed by atoms with Crippen LogP contribution in [0.3, 0.4) is 0 Å². The summed E-state index contributed by atoms with van der Waals surface area (Å²) in [5.41, 5.74) is 2.17. The molecule has 2 N–H and O–H groups in total. The predicted octanol–water partition coefficient (Wildman–Crippen LogP) is 6.51. The molecule has 7 rings (SSSR count). The van der Waals surface area contributed by atoms with Gasteiger partial charge in [0, 0.05) is 47.2 Å². The summed E-state index contributed by atoms with van der Waals surface area (Å²) in [6.07, 6.45) is 4.38. The summed E-state index contributed by atoms with van der Waals surface area (Å²) in [5.74, 6) is -1.31. The van der Waals surface area contributed by atoms with Gasteiger partial charge in [-0.15, -0.1) is 11.6 Å². The molecule has 3 aromatic rings. The number of anilines is 1. The van der Waals surface area contributed by atoms with E-state index in [0.29, 0.717) is 41.3 Å². The van der Waals surface area contributed by atoms with Gasteiger partial charge in [-0.2, -0.15) is 0 Å². The zero-order valence-electron chi connectivity index (χ0n) is 23.4. The van der Waals surface area contributed by atoms with E-state index in [0.717, 1.165) is 16.9 Å². The molecule has 1 aliphatic carbocycles. The molecule has 2 aromatic carbocycles. The van der Waals surface area contributed by atoms with Gasteiger partial charge in [-0.05, 0) is 55.2 Å². The lowest BCUT2D eigenvalue weighted by molar-refractivity contribution is -0.129. The van der Waals surface area contributed by atoms with Gasteiger partial charge in [0.25, 0.3) is 0 Å². The first-order valence-electron chi connectivity index (χ1n) is 14.3. The molecule has 1 saturated heterocycles. The quantitative estimate of drug-likeness (QED) is 0.330. The number of aryl methyl sites for hydroxylation is 1. The molecule has 1 amide bonds. The first kappa shape index (κ1) is 27.6. The number of aromatic carboxylic acids is 1. The zero-order chi connectivity index (χ0) is 29.7. The molecule has 6 atom stereocenters. The van der Waals surface area contributed by atoms with Crippen LogP contribution in [-0.2, 0) is 16.9 Å². The average Bonchev–Trinajstić information content (AvgIpc) is 3.53. The zero-order valence-corrected chi connectivity index (χ0v) is 25.0. The van der Waals surface area contributed by atoms with Gasteiger partial charge in [0.05, 0.1) is 21.5 Å². The van der Waals surface area contributed by atoms with Gasteiger partial charge in [-0.3, -0.25) is 9.69 Å². The van der Waals surface area contributed by atoms with Crippen LogP contribution >= 0.6 is 23.2 Å². The third-order valence-electron chi connectivity index (χ3n) is 9.46. The van der Waals surface area contributed by atoms with E-state index in [1.54, 1.807) is 55.5 Å². The van der Waals surface area contributed by atoms with Crippen molar-refractivity contribution < 1.29 is 19.1 Å². The van der Waals surface area contributed by atoms with Crippen molar-refractivity contribution in [3.8, 4) is 0 Å². The van der Waals surface area contributed by atoms with Crippen molar-refractivity contribution in [1.82, 2.24) is 14.5 Å². The number of rotatable bonds is 4. The lowest BCUT2D eigenvalue weighted by Crippen LogP contribution is -2.55. The van der Waals surface area contributed by atoms with Crippen LogP contribution in [0.5, 0.6) is 0 Å². The monoisotopic (exact) mass is 608 g/mol. The summed E-state index contributed by atoms with van der Waals surface area (Å²) in [5, 5.41) is 13.2. The van der Waals surface area contributed by atoms with Gasteiger partial charge in [-0.25, -0.2) is 14.2 Å². The van der Waals surface area contributed by atoms with Crippen LogP contribution in [0.1, 0.15) is 54.9 Å². The Bertz CT molecular complexity index is 1730. The van der Waals surface area contributed by atoms with E-state index in [-0.39, 0.29) is 29.3 Å². The summed E-state index contributed by atoms with van der Waals surface area (Å²) < 4.78 is 18.8. The molecule has 4 heterocycles. The number of imidazole rings is 1. The fourth-order valence-corrected chi connectivity index (χ4v) is 8.29. The number of carbonyl (C=O) groups excluding carboxylic acids is 1. The summed E-state index contributed by atoms with van der Waals surface area (Å²) in [6, 6.07) is 10.3. The number of aromatic nitrogens is 2. The van der Waals surface area contributed by atoms with E-state index in [9.17, 15) is 14.7 Å². The molecule has 1 spiro atoms. The summed E-state index contributed by atoms with van der Waals surface area (Å²) in [6.45, 7) is 7.13. The van der Waals surface area contributed by atoms with E-state index in [1.807, 2.05) is 6.07 Å². The molecule has 1 fully saturated rings. The minimum atomic E-state index is -1.55. The van der Waals surface area contributed by atoms with Crippen molar-refractivity contribution in [2.45, 2.75) is 62.3 Å². The lowest BCUT2D eigenvalue weighted by atomic mass is 9.67. The van der Waals surface area contributed by atoms with E-state index in [4.69, 9.17) is 28.2 Å². The Labute approximate surface area is 253 Å². The van der Waals surface area contributed by atoms with E-state index in [1.165, 1.54) is 0 Å². The van der Waals surface area contributed by atoms with Crippen molar-refractivity contribution in [2.24, 2.45) is 11.8 Å². The SMILES string of the molecule is CC(C)CN1[C@H]2CCn3c(nc4cc(C(=O)O)ccc43)[C@H]2[C@H](C2=CC=CC(C)(Cl)C2F)[C@]12C(=O)Nc1cc(Cl)ccc12. The summed E-state index contributed by atoms with van der Waals surface area (Å²) in [4.78, 5) is 32.3. The number of hydrogen-bond acceptors (Lipinski definition) is 4. The van der Waals surface area contributed by atoms with Crippen LogP contribution in [0.25, 0.3) is 11.0 Å². The van der Waals surface area contributed by atoms with Gasteiger partial charge in [0.1, 0.15) is 17.5 Å². The third kappa shape index (κ3) is 3.71. The largest absolute Gasteiger partial charge is 0.478 e. The number of carboxylic acids is 1. The van der Waals surface area contributed by atoms with Crippen LogP contribution in [0, 0.1) is 11.8 Å². The van der Waals surface area contributed by atoms with Crippen LogP contribution < -0.4 is 5.32 Å². The van der Waals surface area contributed by atoms with Gasteiger partial charge in [-0.1, -0.05) is 49.7 Å². The Balaban J connectivity index is 1.53. The molecule has 2 unspecified atom stereocenters. The number of hydrogen-bond donors (Lipinski definition) is 2. The van der Waals surface area contributed by atoms with Crippen LogP contribution in [0.2, 0.25) is 5.02 Å². The second kappa shape index (κ2) is 9.40. The Morgan fingerprint density at radius 3 is 2.79 bits per heavy atom. The minimum Gasteiger partial charge on any atom is -0.478 e. The fraction of sp³-hybridized carbons (Fsp3) is 0.406. The predicted molar refractivity (Wildman–Crippen MR) is 161 cm³/mol. The topological polar surface area (TPSA) is 87.5 Å². The van der Waals surface area contributed by atoms with E-state index in [2.05, 4.69) is 28.6 Å². The second-order valence-electron chi connectivity index (χ2n) is 12.5. The first-order valence-corrected chi connectivity index (χ1v) is 15.0. The Morgan fingerprint density at radius 2 is 2.05 bits per heavy atom. The van der Waals surface area contributed by atoms with Crippen molar-refractivity contribution in [2.75, 3.05) is 11.9 Å². The highest BCUT2D eigenvalue weighted by molar-refractivity contribution is 6.31. The van der Waals surface area contributed by atoms with Crippen molar-refractivity contribution in [3.63, 3.8) is 0 Å². The highest BCUT2D eigenvalue weighted by Gasteiger charge is 2.69. The van der Waals surface area contributed by atoms with Gasteiger partial charge in [0.2, 0.25) is 5.91 Å². The third-order valence-corrected chi connectivity index (χ3v) is 10.0. The van der Waals surface area contributed by atoms with Gasteiger partial charge < -0.3 is 15.0 Å². The molecule has 10 heteroatoms. The highest BCUT2D eigenvalue weighted by Crippen LogP contribution is 2.63. The van der Waals surface area contributed by atoms with E-state index >= 15 is 4.39 Å². The molecule has 7 nitrogen and oxygen atoms in total. The minimum absolute atomic E-state index is 0.131. The smallest absolute Gasteiger partial charge is 0.335 e. The molecule has 1 aromatic heterocycles. The van der Waals surface area contributed by atoms with Crippen LogP contribution in [0.15, 0.2) is 60.2 Å². The Hall–Kier alpha value is -3.20. The molecule has 218 valence electrons. The number of fused-ring (bicyclic) bond motifs is 7. The number of carbonyl (C=O) groups is 2. The fourth-order valence-electron chi connectivity index (χ4n) is 7.92. The molecular weight excluding hydrogens is 578 g/mol. The number of nitrogens with zero attached hydrogens (tertiary/aromatic N) is 3. The van der Waals surface area contributed by atoms with Crippen molar-refractivity contribution in [1.29, 1.82) is 0 Å². The number of carboxylic acid groups (broad SMARTS) is 1. The number of nitrogens with one attached hydrogen (secondary N) is 1. The highest BCUT2D eigenvalue weighted by atomic mass is 35.5. The normalized spacial score (nSPS) is 31.8. The van der Waals surface area contributed by atoms with Gasteiger partial charge >= 0.3 is 5.97 Å². The summed E-state index contributed by atoms with van der Waals surface area (Å²) in [7, 11) is 0. The number of likely N-dealkylation sites (tertiary alicyclic amines) is 1. The molecule has 3 aliphatic heterocycles. The number of allylic oxidation sites excluding steroid dienone is 3. The number of benzene rings is 2. The molecule has 0 radical (unpaired) electrons. The molecule has 42 heavy (non-hydrogen) atoms.